The maximum absolute atomic E-state index is 5.56. The molecule has 2 aliphatic heterocycles. The predicted octanol–water partition coefficient (Wildman–Crippen LogP) is 3.74. The van der Waals surface area contributed by atoms with Gasteiger partial charge >= 0.3 is 0 Å². The van der Waals surface area contributed by atoms with Gasteiger partial charge in [-0.05, 0) is 74.7 Å². The second kappa shape index (κ2) is 11.0. The minimum atomic E-state index is 0.522. The van der Waals surface area contributed by atoms with Crippen molar-refractivity contribution in [2.75, 3.05) is 76.4 Å². The maximum Gasteiger partial charge on any atom is 0.204 e. The molecule has 2 aromatic carbocycles. The summed E-state index contributed by atoms with van der Waals surface area (Å²) in [4.78, 5) is 16.1. The van der Waals surface area contributed by atoms with E-state index in [9.17, 15) is 0 Å². The first-order valence-corrected chi connectivity index (χ1v) is 13.1. The number of aromatic nitrogens is 2. The Balaban J connectivity index is 1.43. The summed E-state index contributed by atoms with van der Waals surface area (Å²) >= 11 is 0. The summed E-state index contributed by atoms with van der Waals surface area (Å²) in [5, 5.41) is 3.28. The molecule has 5 rings (SSSR count). The molecule has 35 heavy (non-hydrogen) atoms. The second-order valence-electron chi connectivity index (χ2n) is 10.1. The van der Waals surface area contributed by atoms with Crippen molar-refractivity contribution < 1.29 is 4.74 Å². The van der Waals surface area contributed by atoms with Crippen molar-refractivity contribution in [1.29, 1.82) is 0 Å². The minimum Gasteiger partial charge on any atom is -0.378 e. The number of likely N-dealkylation sites (N-methyl/N-ethyl adjacent to an activating group) is 2. The van der Waals surface area contributed by atoms with Gasteiger partial charge in [-0.15, -0.1) is 0 Å². The lowest BCUT2D eigenvalue weighted by Crippen LogP contribution is -2.36. The van der Waals surface area contributed by atoms with Gasteiger partial charge in [0, 0.05) is 51.5 Å². The zero-order valence-electron chi connectivity index (χ0n) is 21.5. The third-order valence-electron chi connectivity index (χ3n) is 7.54. The molecule has 2 saturated heterocycles. The van der Waals surface area contributed by atoms with E-state index in [1.807, 2.05) is 7.05 Å². The van der Waals surface area contributed by atoms with Gasteiger partial charge in [0.1, 0.15) is 0 Å². The number of aromatic amines is 1. The molecule has 3 heterocycles. The quantitative estimate of drug-likeness (QED) is 0.517. The van der Waals surface area contributed by atoms with Gasteiger partial charge in [-0.1, -0.05) is 18.2 Å². The predicted molar refractivity (Wildman–Crippen MR) is 145 cm³/mol. The average molecular weight is 477 g/mol. The Bertz CT molecular complexity index is 1110. The van der Waals surface area contributed by atoms with Crippen molar-refractivity contribution in [2.24, 2.45) is 0 Å². The molecule has 188 valence electrons. The van der Waals surface area contributed by atoms with Crippen molar-refractivity contribution in [2.45, 2.75) is 32.2 Å². The van der Waals surface area contributed by atoms with Gasteiger partial charge in [0.2, 0.25) is 5.95 Å². The molecular weight excluding hydrogens is 436 g/mol. The topological polar surface area (TPSA) is 59.7 Å². The van der Waals surface area contributed by atoms with Gasteiger partial charge in [0.15, 0.2) is 0 Å². The lowest BCUT2D eigenvalue weighted by atomic mass is 9.85. The summed E-state index contributed by atoms with van der Waals surface area (Å²) < 4.78 is 5.56. The van der Waals surface area contributed by atoms with Crippen LogP contribution >= 0.6 is 0 Å². The normalized spacial score (nSPS) is 17.6. The number of fused-ring (bicyclic) bond motifs is 1. The fourth-order valence-electron chi connectivity index (χ4n) is 5.57. The van der Waals surface area contributed by atoms with Crippen LogP contribution in [-0.4, -0.2) is 81.4 Å². The maximum atomic E-state index is 5.56. The Morgan fingerprint density at radius 2 is 1.89 bits per heavy atom. The van der Waals surface area contributed by atoms with Crippen LogP contribution in [-0.2, 0) is 11.3 Å². The number of nitrogens with zero attached hydrogens (tertiary/aromatic N) is 4. The molecule has 0 bridgehead atoms. The number of morpholine rings is 1. The van der Waals surface area contributed by atoms with E-state index in [-0.39, 0.29) is 0 Å². The molecule has 1 aromatic heterocycles. The van der Waals surface area contributed by atoms with Crippen molar-refractivity contribution >= 4 is 22.7 Å². The van der Waals surface area contributed by atoms with E-state index in [1.54, 1.807) is 0 Å². The summed E-state index contributed by atoms with van der Waals surface area (Å²) in [5.74, 6) is 1.51. The highest BCUT2D eigenvalue weighted by molar-refractivity contribution is 5.83. The van der Waals surface area contributed by atoms with Crippen LogP contribution in [0, 0.1) is 6.92 Å². The molecule has 0 aliphatic carbocycles. The molecule has 0 unspecified atom stereocenters. The van der Waals surface area contributed by atoms with E-state index in [1.165, 1.54) is 27.9 Å². The first-order chi connectivity index (χ1) is 17.1. The fraction of sp³-hybridized carbons (Fsp3) is 0.536. The number of aryl methyl sites for hydroxylation is 1. The van der Waals surface area contributed by atoms with Crippen molar-refractivity contribution in [3.63, 3.8) is 0 Å². The Hall–Kier alpha value is -2.61. The highest BCUT2D eigenvalue weighted by atomic mass is 16.5. The van der Waals surface area contributed by atoms with Crippen LogP contribution in [0.1, 0.15) is 35.4 Å². The average Bonchev–Trinajstić information content (AvgIpc) is 3.32. The van der Waals surface area contributed by atoms with E-state index in [2.05, 4.69) is 75.4 Å². The van der Waals surface area contributed by atoms with Crippen LogP contribution < -0.4 is 15.1 Å². The van der Waals surface area contributed by atoms with E-state index < -0.39 is 0 Å². The lowest BCUT2D eigenvalue weighted by molar-refractivity contribution is 0.122. The number of piperidine rings is 1. The second-order valence-corrected chi connectivity index (χ2v) is 10.1. The van der Waals surface area contributed by atoms with Gasteiger partial charge in [0.25, 0.3) is 0 Å². The first-order valence-electron chi connectivity index (χ1n) is 13.1. The standard InChI is InChI=1S/C28H40N6O/c1-21-5-4-6-24(19-21)33-12-9-22(10-13-33)26-23(20-32(3)14-11-29-2)7-8-25-27(26)31-28(30-25)34-15-17-35-18-16-34/h4-8,19,22,29H,9-18,20H2,1-3H3,(H,30,31). The molecule has 2 aliphatic rings. The number of benzene rings is 2. The Morgan fingerprint density at radius 1 is 1.09 bits per heavy atom. The zero-order valence-corrected chi connectivity index (χ0v) is 21.5. The van der Waals surface area contributed by atoms with E-state index >= 15 is 0 Å². The van der Waals surface area contributed by atoms with Crippen LogP contribution in [0.15, 0.2) is 36.4 Å². The summed E-state index contributed by atoms with van der Waals surface area (Å²) in [7, 11) is 4.24. The van der Waals surface area contributed by atoms with Gasteiger partial charge < -0.3 is 29.7 Å². The van der Waals surface area contributed by atoms with Gasteiger partial charge in [-0.25, -0.2) is 4.98 Å². The van der Waals surface area contributed by atoms with E-state index in [0.717, 1.165) is 83.3 Å². The molecule has 3 aromatic rings. The zero-order chi connectivity index (χ0) is 24.2. The van der Waals surface area contributed by atoms with E-state index in [4.69, 9.17) is 9.72 Å². The van der Waals surface area contributed by atoms with Crippen LogP contribution in [0.4, 0.5) is 11.6 Å². The van der Waals surface area contributed by atoms with Crippen molar-refractivity contribution in [3.05, 3.63) is 53.1 Å². The molecule has 2 fully saturated rings. The summed E-state index contributed by atoms with van der Waals surface area (Å²) in [6.07, 6.45) is 2.31. The highest BCUT2D eigenvalue weighted by Gasteiger charge is 2.27. The molecule has 0 spiro atoms. The van der Waals surface area contributed by atoms with Crippen LogP contribution in [0.25, 0.3) is 11.0 Å². The fourth-order valence-corrected chi connectivity index (χ4v) is 5.57. The smallest absolute Gasteiger partial charge is 0.204 e. The summed E-state index contributed by atoms with van der Waals surface area (Å²) in [5.41, 5.74) is 7.88. The molecule has 0 radical (unpaired) electrons. The number of hydrogen-bond acceptors (Lipinski definition) is 6. The number of anilines is 2. The Labute approximate surface area is 209 Å². The van der Waals surface area contributed by atoms with Crippen molar-refractivity contribution in [3.8, 4) is 0 Å². The van der Waals surface area contributed by atoms with Crippen LogP contribution in [0.2, 0.25) is 0 Å². The first kappa shape index (κ1) is 24.1. The lowest BCUT2D eigenvalue weighted by Gasteiger charge is -2.35. The number of ether oxygens (including phenoxy) is 1. The van der Waals surface area contributed by atoms with Crippen LogP contribution in [0.5, 0.6) is 0 Å². The molecule has 0 saturated carbocycles. The van der Waals surface area contributed by atoms with Gasteiger partial charge in [-0.3, -0.25) is 0 Å². The monoisotopic (exact) mass is 476 g/mol. The largest absolute Gasteiger partial charge is 0.378 e. The van der Waals surface area contributed by atoms with Crippen LogP contribution in [0.3, 0.4) is 0 Å². The molecule has 0 amide bonds. The molecular formula is C28H40N6O. The number of hydrogen-bond donors (Lipinski definition) is 2. The number of imidazole rings is 1. The Morgan fingerprint density at radius 3 is 2.63 bits per heavy atom. The molecule has 7 heteroatoms. The summed E-state index contributed by atoms with van der Waals surface area (Å²) in [6, 6.07) is 13.5. The Kier molecular flexibility index (Phi) is 7.56. The molecule has 0 atom stereocenters. The number of H-pyrrole nitrogens is 1. The SMILES string of the molecule is CNCCN(C)Cc1ccc2[nH]c(N3CCOCC3)nc2c1C1CCN(c2cccc(C)c2)CC1. The van der Waals surface area contributed by atoms with Gasteiger partial charge in [0.05, 0.1) is 24.2 Å². The van der Waals surface area contributed by atoms with E-state index in [0.29, 0.717) is 5.92 Å². The van der Waals surface area contributed by atoms with Gasteiger partial charge in [-0.2, -0.15) is 0 Å². The van der Waals surface area contributed by atoms with Crippen molar-refractivity contribution in [1.82, 2.24) is 20.2 Å². The highest BCUT2D eigenvalue weighted by Crippen LogP contribution is 2.37. The number of nitrogens with one attached hydrogen (secondary N) is 2. The summed E-state index contributed by atoms with van der Waals surface area (Å²) in [6.45, 7) is 10.6. The molecule has 2 N–H and O–H groups in total. The number of rotatable bonds is 8. The molecule has 7 nitrogen and oxygen atoms in total. The third kappa shape index (κ3) is 5.47. The minimum absolute atomic E-state index is 0.522. The third-order valence-corrected chi connectivity index (χ3v) is 7.54.